The molecule has 3 heteroatoms. The normalized spacial score (nSPS) is 34.1. The second kappa shape index (κ2) is 2.40. The zero-order valence-electron chi connectivity index (χ0n) is 4.79. The first-order chi connectivity index (χ1) is 3.84. The van der Waals surface area contributed by atoms with Crippen LogP contribution in [0.4, 0.5) is 0 Å². The molecule has 8 heavy (non-hydrogen) atoms. The maximum absolute atomic E-state index is 8.31. The largest absolute Gasteiger partial charge is 0.411 e. The van der Waals surface area contributed by atoms with E-state index in [-0.39, 0.29) is 0 Å². The third-order valence-corrected chi connectivity index (χ3v) is 2.54. The van der Waals surface area contributed by atoms with Crippen LogP contribution in [0.5, 0.6) is 0 Å². The standard InChI is InChI=1S/C5H9NOS/c1-4-5(6-7)2-3-8-4/h4,7H,2-3H2,1H3. The molecule has 1 rings (SSSR count). The van der Waals surface area contributed by atoms with Gasteiger partial charge in [0.05, 0.1) is 5.71 Å². The number of thioether (sulfide) groups is 1. The predicted octanol–water partition coefficient (Wildman–Crippen LogP) is 1.34. The van der Waals surface area contributed by atoms with Gasteiger partial charge >= 0.3 is 0 Å². The van der Waals surface area contributed by atoms with E-state index in [1.54, 1.807) is 0 Å². The van der Waals surface area contributed by atoms with Gasteiger partial charge in [-0.2, -0.15) is 11.8 Å². The quantitative estimate of drug-likeness (QED) is 0.397. The minimum Gasteiger partial charge on any atom is -0.411 e. The van der Waals surface area contributed by atoms with Crippen molar-refractivity contribution in [2.75, 3.05) is 5.75 Å². The molecule has 1 fully saturated rings. The Kier molecular flexibility index (Phi) is 1.78. The Morgan fingerprint density at radius 3 is 2.88 bits per heavy atom. The van der Waals surface area contributed by atoms with Crippen molar-refractivity contribution in [3.05, 3.63) is 0 Å². The Morgan fingerprint density at radius 1 is 1.88 bits per heavy atom. The maximum atomic E-state index is 8.31. The Bertz CT molecular complexity index is 113. The highest BCUT2D eigenvalue weighted by atomic mass is 32.2. The second-order valence-electron chi connectivity index (χ2n) is 1.85. The lowest BCUT2D eigenvalue weighted by Crippen LogP contribution is -2.04. The van der Waals surface area contributed by atoms with Crippen molar-refractivity contribution in [3.8, 4) is 0 Å². The molecular weight excluding hydrogens is 122 g/mol. The van der Waals surface area contributed by atoms with Crippen molar-refractivity contribution in [3.63, 3.8) is 0 Å². The molecule has 0 aromatic heterocycles. The molecule has 46 valence electrons. The van der Waals surface area contributed by atoms with Crippen LogP contribution in [-0.2, 0) is 0 Å². The third-order valence-electron chi connectivity index (χ3n) is 1.32. The number of oxime groups is 1. The highest BCUT2D eigenvalue weighted by Gasteiger charge is 2.17. The molecule has 1 unspecified atom stereocenters. The van der Waals surface area contributed by atoms with Crippen LogP contribution < -0.4 is 0 Å². The van der Waals surface area contributed by atoms with Gasteiger partial charge in [0.2, 0.25) is 0 Å². The van der Waals surface area contributed by atoms with E-state index in [1.165, 1.54) is 0 Å². The fourth-order valence-corrected chi connectivity index (χ4v) is 1.81. The Morgan fingerprint density at radius 2 is 2.62 bits per heavy atom. The molecule has 0 aromatic rings. The van der Waals surface area contributed by atoms with E-state index >= 15 is 0 Å². The van der Waals surface area contributed by atoms with Crippen molar-refractivity contribution in [1.82, 2.24) is 0 Å². The van der Waals surface area contributed by atoms with Gasteiger partial charge in [0.1, 0.15) is 0 Å². The van der Waals surface area contributed by atoms with Crippen LogP contribution in [0.1, 0.15) is 13.3 Å². The third kappa shape index (κ3) is 0.968. The van der Waals surface area contributed by atoms with E-state index in [9.17, 15) is 0 Å². The summed E-state index contributed by atoms with van der Waals surface area (Å²) in [6.45, 7) is 2.06. The number of nitrogens with zero attached hydrogens (tertiary/aromatic N) is 1. The molecule has 1 heterocycles. The lowest BCUT2D eigenvalue weighted by molar-refractivity contribution is 0.317. The van der Waals surface area contributed by atoms with Crippen LogP contribution in [-0.4, -0.2) is 21.9 Å². The minimum absolute atomic E-state index is 0.444. The van der Waals surface area contributed by atoms with Crippen molar-refractivity contribution >= 4 is 17.5 Å². The Hall–Kier alpha value is -0.180. The second-order valence-corrected chi connectivity index (χ2v) is 3.30. The molecule has 2 nitrogen and oxygen atoms in total. The maximum Gasteiger partial charge on any atom is 0.0705 e. The van der Waals surface area contributed by atoms with E-state index < -0.39 is 0 Å². The van der Waals surface area contributed by atoms with Gasteiger partial charge in [0.15, 0.2) is 0 Å². The topological polar surface area (TPSA) is 32.6 Å². The Balaban J connectivity index is 2.55. The summed E-state index contributed by atoms with van der Waals surface area (Å²) in [5.41, 5.74) is 0.940. The zero-order valence-corrected chi connectivity index (χ0v) is 5.61. The SMILES string of the molecule is CC1SCCC1=NO. The lowest BCUT2D eigenvalue weighted by atomic mass is 10.2. The number of rotatable bonds is 0. The van der Waals surface area contributed by atoms with Gasteiger partial charge in [-0.25, -0.2) is 0 Å². The summed E-state index contributed by atoms with van der Waals surface area (Å²) < 4.78 is 0. The van der Waals surface area contributed by atoms with Crippen molar-refractivity contribution in [2.45, 2.75) is 18.6 Å². The van der Waals surface area contributed by atoms with E-state index in [0.717, 1.165) is 17.9 Å². The van der Waals surface area contributed by atoms with Crippen LogP contribution in [0.3, 0.4) is 0 Å². The van der Waals surface area contributed by atoms with Crippen LogP contribution in [0.15, 0.2) is 5.16 Å². The molecule has 1 aliphatic heterocycles. The first-order valence-corrected chi connectivity index (χ1v) is 3.72. The lowest BCUT2D eigenvalue weighted by Gasteiger charge is -1.95. The molecule has 1 aliphatic rings. The summed E-state index contributed by atoms with van der Waals surface area (Å²) in [7, 11) is 0. The molecule has 0 amide bonds. The highest BCUT2D eigenvalue weighted by molar-refractivity contribution is 8.01. The molecule has 1 saturated heterocycles. The van der Waals surface area contributed by atoms with E-state index in [0.29, 0.717) is 5.25 Å². The summed E-state index contributed by atoms with van der Waals surface area (Å²) in [6, 6.07) is 0. The van der Waals surface area contributed by atoms with Gasteiger partial charge < -0.3 is 5.21 Å². The predicted molar refractivity (Wildman–Crippen MR) is 35.8 cm³/mol. The van der Waals surface area contributed by atoms with E-state index in [1.807, 2.05) is 11.8 Å². The van der Waals surface area contributed by atoms with Gasteiger partial charge in [-0.3, -0.25) is 0 Å². The fourth-order valence-electron chi connectivity index (χ4n) is 0.771. The van der Waals surface area contributed by atoms with Crippen LogP contribution in [0, 0.1) is 0 Å². The van der Waals surface area contributed by atoms with Gasteiger partial charge in [0.25, 0.3) is 0 Å². The first kappa shape index (κ1) is 5.95. The molecule has 0 radical (unpaired) electrons. The van der Waals surface area contributed by atoms with Gasteiger partial charge in [-0.1, -0.05) is 5.16 Å². The molecule has 0 spiro atoms. The monoisotopic (exact) mass is 131 g/mol. The molecule has 1 N–H and O–H groups in total. The van der Waals surface area contributed by atoms with Crippen LogP contribution in [0.25, 0.3) is 0 Å². The average Bonchev–Trinajstić information content (AvgIpc) is 2.14. The number of hydrogen-bond acceptors (Lipinski definition) is 3. The van der Waals surface area contributed by atoms with Crippen molar-refractivity contribution < 1.29 is 5.21 Å². The highest BCUT2D eigenvalue weighted by Crippen LogP contribution is 2.22. The summed E-state index contributed by atoms with van der Waals surface area (Å²) in [5.74, 6) is 1.11. The average molecular weight is 131 g/mol. The molecule has 0 aromatic carbocycles. The zero-order chi connectivity index (χ0) is 5.98. The van der Waals surface area contributed by atoms with E-state index in [4.69, 9.17) is 5.21 Å². The van der Waals surface area contributed by atoms with Crippen LogP contribution in [0.2, 0.25) is 0 Å². The van der Waals surface area contributed by atoms with Crippen molar-refractivity contribution in [2.24, 2.45) is 5.16 Å². The molecular formula is C5H9NOS. The van der Waals surface area contributed by atoms with Gasteiger partial charge in [0, 0.05) is 5.25 Å². The van der Waals surface area contributed by atoms with Crippen molar-refractivity contribution in [1.29, 1.82) is 0 Å². The summed E-state index contributed by atoms with van der Waals surface area (Å²) in [6.07, 6.45) is 0.961. The Labute approximate surface area is 53.0 Å². The number of hydrogen-bond donors (Lipinski definition) is 1. The minimum atomic E-state index is 0.444. The molecule has 1 atom stereocenters. The van der Waals surface area contributed by atoms with Gasteiger partial charge in [-0.15, -0.1) is 0 Å². The molecule has 0 bridgehead atoms. The fraction of sp³-hybridized carbons (Fsp3) is 0.800. The summed E-state index contributed by atoms with van der Waals surface area (Å²) in [5, 5.41) is 11.9. The van der Waals surface area contributed by atoms with E-state index in [2.05, 4.69) is 12.1 Å². The van der Waals surface area contributed by atoms with Crippen LogP contribution >= 0.6 is 11.8 Å². The van der Waals surface area contributed by atoms with Gasteiger partial charge in [-0.05, 0) is 19.1 Å². The summed E-state index contributed by atoms with van der Waals surface area (Å²) >= 11 is 1.84. The molecule has 0 aliphatic carbocycles. The first-order valence-electron chi connectivity index (χ1n) is 2.67. The summed E-state index contributed by atoms with van der Waals surface area (Å²) in [4.78, 5) is 0. The smallest absolute Gasteiger partial charge is 0.0705 e. The molecule has 0 saturated carbocycles.